The zero-order valence-corrected chi connectivity index (χ0v) is 12.2. The summed E-state index contributed by atoms with van der Waals surface area (Å²) in [5, 5.41) is 4.06. The van der Waals surface area contributed by atoms with E-state index in [1.54, 1.807) is 0 Å². The molecule has 18 heavy (non-hydrogen) atoms. The number of thiocarbonyl (C=S) groups is 1. The zero-order valence-electron chi connectivity index (χ0n) is 10.6. The molecule has 0 bridgehead atoms. The normalized spacial score (nSPS) is 23.0. The maximum atomic E-state index is 6.14. The number of hydrogen-bond acceptors (Lipinski definition) is 2. The lowest BCUT2D eigenvalue weighted by Gasteiger charge is -2.16. The van der Waals surface area contributed by atoms with Gasteiger partial charge in [-0.05, 0) is 36.8 Å². The summed E-state index contributed by atoms with van der Waals surface area (Å²) < 4.78 is 0. The molecular weight excluding hydrogens is 264 g/mol. The van der Waals surface area contributed by atoms with E-state index in [9.17, 15) is 0 Å². The molecule has 2 rings (SSSR count). The Morgan fingerprint density at radius 1 is 1.50 bits per heavy atom. The molecule has 0 aromatic heterocycles. The lowest BCUT2D eigenvalue weighted by molar-refractivity contribution is 0.537. The third kappa shape index (κ3) is 3.15. The Morgan fingerprint density at radius 3 is 2.89 bits per heavy atom. The third-order valence-electron chi connectivity index (χ3n) is 3.64. The molecule has 0 saturated heterocycles. The van der Waals surface area contributed by atoms with Crippen LogP contribution in [0, 0.1) is 11.8 Å². The zero-order chi connectivity index (χ0) is 13.1. The Hall–Kier alpha value is -0.800. The standard InChI is InChI=1S/C14H19ClN2S/c1-9-5-6-10(7-9)8-17-12-4-2-3-11(15)13(12)14(16)18/h2-4,9-10,17H,5-8H2,1H3,(H2,16,18). The maximum Gasteiger partial charge on any atom is 0.107 e. The van der Waals surface area contributed by atoms with Crippen LogP contribution in [0.2, 0.25) is 5.02 Å². The predicted molar refractivity (Wildman–Crippen MR) is 82.3 cm³/mol. The van der Waals surface area contributed by atoms with Crippen molar-refractivity contribution in [2.45, 2.75) is 26.2 Å². The highest BCUT2D eigenvalue weighted by atomic mass is 35.5. The van der Waals surface area contributed by atoms with Gasteiger partial charge in [0.1, 0.15) is 4.99 Å². The molecule has 0 heterocycles. The molecular formula is C14H19ClN2S. The van der Waals surface area contributed by atoms with Crippen LogP contribution in [-0.2, 0) is 0 Å². The van der Waals surface area contributed by atoms with Gasteiger partial charge in [0, 0.05) is 12.2 Å². The van der Waals surface area contributed by atoms with Crippen LogP contribution in [-0.4, -0.2) is 11.5 Å². The average molecular weight is 283 g/mol. The van der Waals surface area contributed by atoms with E-state index in [0.717, 1.165) is 29.6 Å². The first-order valence-electron chi connectivity index (χ1n) is 6.40. The molecule has 0 amide bonds. The molecule has 1 saturated carbocycles. The Bertz CT molecular complexity index is 447. The molecule has 4 heteroatoms. The monoisotopic (exact) mass is 282 g/mol. The Kier molecular flexibility index (Phi) is 4.46. The summed E-state index contributed by atoms with van der Waals surface area (Å²) in [7, 11) is 0. The number of nitrogens with two attached hydrogens (primary N) is 1. The van der Waals surface area contributed by atoms with Gasteiger partial charge in [0.25, 0.3) is 0 Å². The average Bonchev–Trinajstić information content (AvgIpc) is 2.72. The molecule has 3 N–H and O–H groups in total. The molecule has 0 spiro atoms. The smallest absolute Gasteiger partial charge is 0.107 e. The van der Waals surface area contributed by atoms with Crippen molar-refractivity contribution in [2.75, 3.05) is 11.9 Å². The molecule has 98 valence electrons. The van der Waals surface area contributed by atoms with E-state index < -0.39 is 0 Å². The molecule has 0 aliphatic heterocycles. The minimum Gasteiger partial charge on any atom is -0.389 e. The summed E-state index contributed by atoms with van der Waals surface area (Å²) in [5.74, 6) is 1.60. The highest BCUT2D eigenvalue weighted by molar-refractivity contribution is 7.80. The van der Waals surface area contributed by atoms with Gasteiger partial charge in [-0.2, -0.15) is 0 Å². The second kappa shape index (κ2) is 5.89. The molecule has 1 aliphatic rings. The first-order chi connectivity index (χ1) is 8.58. The molecule has 2 atom stereocenters. The lowest BCUT2D eigenvalue weighted by Crippen LogP contribution is -2.17. The molecule has 1 aliphatic carbocycles. The fourth-order valence-corrected chi connectivity index (χ4v) is 3.24. The Balaban J connectivity index is 2.05. The van der Waals surface area contributed by atoms with Crippen LogP contribution in [0.3, 0.4) is 0 Å². The lowest BCUT2D eigenvalue weighted by atomic mass is 10.1. The van der Waals surface area contributed by atoms with Crippen molar-refractivity contribution in [3.8, 4) is 0 Å². The van der Waals surface area contributed by atoms with Crippen LogP contribution < -0.4 is 11.1 Å². The third-order valence-corrected chi connectivity index (χ3v) is 4.16. The minimum atomic E-state index is 0.350. The van der Waals surface area contributed by atoms with Gasteiger partial charge in [-0.3, -0.25) is 0 Å². The van der Waals surface area contributed by atoms with Crippen LogP contribution in [0.4, 0.5) is 5.69 Å². The summed E-state index contributed by atoms with van der Waals surface area (Å²) in [6.45, 7) is 3.29. The molecule has 0 radical (unpaired) electrons. The number of halogens is 1. The maximum absolute atomic E-state index is 6.14. The summed E-state index contributed by atoms with van der Waals surface area (Å²) >= 11 is 11.2. The fraction of sp³-hybridized carbons (Fsp3) is 0.500. The van der Waals surface area contributed by atoms with E-state index in [4.69, 9.17) is 29.6 Å². The van der Waals surface area contributed by atoms with Crippen molar-refractivity contribution in [2.24, 2.45) is 17.6 Å². The van der Waals surface area contributed by atoms with Crippen LogP contribution in [0.15, 0.2) is 18.2 Å². The Morgan fingerprint density at radius 2 is 2.28 bits per heavy atom. The van der Waals surface area contributed by atoms with Gasteiger partial charge in [-0.15, -0.1) is 0 Å². The highest BCUT2D eigenvalue weighted by Crippen LogP contribution is 2.31. The second-order valence-electron chi connectivity index (χ2n) is 5.19. The van der Waals surface area contributed by atoms with Crippen molar-refractivity contribution in [1.29, 1.82) is 0 Å². The SMILES string of the molecule is CC1CCC(CNc2cccc(Cl)c2C(N)=S)C1. The first kappa shape index (κ1) is 13.6. The minimum absolute atomic E-state index is 0.350. The molecule has 1 aromatic carbocycles. The van der Waals surface area contributed by atoms with E-state index in [0.29, 0.717) is 10.0 Å². The van der Waals surface area contributed by atoms with Crippen LogP contribution in [0.5, 0.6) is 0 Å². The summed E-state index contributed by atoms with van der Waals surface area (Å²) in [5.41, 5.74) is 7.45. The molecule has 1 fully saturated rings. The topological polar surface area (TPSA) is 38.0 Å². The number of rotatable bonds is 4. The van der Waals surface area contributed by atoms with Crippen LogP contribution >= 0.6 is 23.8 Å². The van der Waals surface area contributed by atoms with Crippen molar-refractivity contribution in [3.05, 3.63) is 28.8 Å². The van der Waals surface area contributed by atoms with Crippen molar-refractivity contribution >= 4 is 34.5 Å². The van der Waals surface area contributed by atoms with E-state index in [1.165, 1.54) is 19.3 Å². The van der Waals surface area contributed by atoms with E-state index in [2.05, 4.69) is 12.2 Å². The number of anilines is 1. The fourth-order valence-electron chi connectivity index (χ4n) is 2.69. The summed E-state index contributed by atoms with van der Waals surface area (Å²) in [6, 6.07) is 5.72. The van der Waals surface area contributed by atoms with Gasteiger partial charge in [0.05, 0.1) is 10.6 Å². The summed E-state index contributed by atoms with van der Waals surface area (Å²) in [4.78, 5) is 0.350. The number of hydrogen-bond donors (Lipinski definition) is 2. The van der Waals surface area contributed by atoms with Gasteiger partial charge in [0.2, 0.25) is 0 Å². The molecule has 2 unspecified atom stereocenters. The number of benzene rings is 1. The van der Waals surface area contributed by atoms with E-state index in [-0.39, 0.29) is 0 Å². The van der Waals surface area contributed by atoms with Gasteiger partial charge >= 0.3 is 0 Å². The van der Waals surface area contributed by atoms with E-state index >= 15 is 0 Å². The second-order valence-corrected chi connectivity index (χ2v) is 6.04. The largest absolute Gasteiger partial charge is 0.389 e. The van der Waals surface area contributed by atoms with Crippen LogP contribution in [0.25, 0.3) is 0 Å². The molecule has 2 nitrogen and oxygen atoms in total. The van der Waals surface area contributed by atoms with Gasteiger partial charge in [-0.1, -0.05) is 43.2 Å². The number of nitrogens with one attached hydrogen (secondary N) is 1. The first-order valence-corrected chi connectivity index (χ1v) is 7.18. The van der Waals surface area contributed by atoms with Gasteiger partial charge in [0.15, 0.2) is 0 Å². The van der Waals surface area contributed by atoms with E-state index in [1.807, 2.05) is 18.2 Å². The highest BCUT2D eigenvalue weighted by Gasteiger charge is 2.21. The Labute approximate surface area is 119 Å². The van der Waals surface area contributed by atoms with Gasteiger partial charge < -0.3 is 11.1 Å². The molecule has 1 aromatic rings. The summed E-state index contributed by atoms with van der Waals surface area (Å²) in [6.07, 6.45) is 3.94. The van der Waals surface area contributed by atoms with Crippen LogP contribution in [0.1, 0.15) is 31.7 Å². The van der Waals surface area contributed by atoms with Crippen molar-refractivity contribution in [3.63, 3.8) is 0 Å². The van der Waals surface area contributed by atoms with Gasteiger partial charge in [-0.25, -0.2) is 0 Å². The predicted octanol–water partition coefficient (Wildman–Crippen LogP) is 3.82. The van der Waals surface area contributed by atoms with Crippen molar-refractivity contribution in [1.82, 2.24) is 0 Å². The van der Waals surface area contributed by atoms with Crippen molar-refractivity contribution < 1.29 is 0 Å². The quantitative estimate of drug-likeness (QED) is 0.825.